The van der Waals surface area contributed by atoms with Gasteiger partial charge in [0.25, 0.3) is 6.03 Å². The van der Waals surface area contributed by atoms with E-state index >= 15 is 0 Å². The molecule has 518 valence electrons. The molecule has 5 fully saturated rings. The first-order valence-corrected chi connectivity index (χ1v) is 34.6. The zero-order valence-corrected chi connectivity index (χ0v) is 61.8. The van der Waals surface area contributed by atoms with Gasteiger partial charge in [-0.1, -0.05) is 161 Å². The Morgan fingerprint density at radius 2 is 0.950 bits per heavy atom. The zero-order chi connectivity index (χ0) is 70.1. The van der Waals surface area contributed by atoms with Crippen LogP contribution in [0.15, 0.2) is 231 Å². The Kier molecular flexibility index (Phi) is 27.1. The average molecular weight is 1450 g/mol. The fraction of sp³-hybridized carbons (Fsp3) is 0.319. The van der Waals surface area contributed by atoms with Gasteiger partial charge >= 0.3 is 54.8 Å². The molecule has 0 spiro atoms. The second-order valence-electron chi connectivity index (χ2n) is 24.2. The van der Waals surface area contributed by atoms with Gasteiger partial charge < -0.3 is 56.4 Å². The molecule has 9 aliphatic heterocycles. The van der Waals surface area contributed by atoms with Crippen LogP contribution in [-0.2, 0) is 19.0 Å². The van der Waals surface area contributed by atoms with Crippen LogP contribution in [0.4, 0.5) is 19.2 Å². The molecule has 9 aliphatic rings. The molecular formula is C72H82BBrN12NaO12P. The summed E-state index contributed by atoms with van der Waals surface area (Å²) in [7, 11) is 2.99. The van der Waals surface area contributed by atoms with E-state index < -0.39 is 7.12 Å². The maximum atomic E-state index is 12.0. The monoisotopic (exact) mass is 1450 g/mol. The molecule has 4 aromatic heterocycles. The van der Waals surface area contributed by atoms with Crippen molar-refractivity contribution in [3.8, 4) is 0 Å². The van der Waals surface area contributed by atoms with Crippen LogP contribution in [0.2, 0.25) is 0 Å². The van der Waals surface area contributed by atoms with E-state index in [0.717, 1.165) is 45.8 Å². The standard InChI is InChI=1S/C15H15P.C12H13N3O3.C11H13N3O2.C10H10N3O2.C9H14BNO3.C9H11BrN2O2.C6H6.Na/c1-2-13-16(14-9-5-3-6-10-14)15-11-7-4-8-12-15;1-2-5-18-15-10-7-14(12(15)16)4-3-9(10)11-6-13-8-17-11;1-2-14-9-6-13(11(14)15)4-3-8(9)10-5-12-7-16-10;1-12-8-5-13(10(12)14)3-2-7(8)9-4-11-6-15-9;1-8(2)9(3,4)14-10(13-8)7-5-11-6-12-7;1-2-5-14-12-8-6-11(9(12)13)4-3-7(8)10;1-2-4-6-5-3-1;/h2-13H,1H3;2-3,6,8,10H,1,4-5,7H2;3,5,7,9H,2,4,6H2,1H3;2,4,6,8H,1,3,5H2;5-6H,1-4H3;2-3,8H,1,4-6H2;1-6H;/q;;;-1;;;;+1/b13-2+;;;;;;;. The minimum atomic E-state index is -0.442. The Balaban J connectivity index is 0.000000138. The Morgan fingerprint density at radius 1 is 0.560 bits per heavy atom. The van der Waals surface area contributed by atoms with Crippen molar-refractivity contribution in [3.05, 3.63) is 238 Å². The molecule has 5 saturated heterocycles. The molecule has 0 aliphatic carbocycles. The van der Waals surface area contributed by atoms with Crippen molar-refractivity contribution >= 4 is 88.1 Å². The second-order valence-corrected chi connectivity index (χ2v) is 27.2. The summed E-state index contributed by atoms with van der Waals surface area (Å²) in [5, 5.41) is 5.61. The second kappa shape index (κ2) is 35.8. The van der Waals surface area contributed by atoms with Gasteiger partial charge in [-0.25, -0.2) is 34.3 Å². The minimum absolute atomic E-state index is 0. The molecule has 16 rings (SSSR count). The van der Waals surface area contributed by atoms with Gasteiger partial charge in [0.2, 0.25) is 0 Å². The molecule has 4 atom stereocenters. The number of hydroxylamine groups is 4. The molecule has 24 nitrogen and oxygen atoms in total. The smallest absolute Gasteiger partial charge is 0.470 e. The van der Waals surface area contributed by atoms with Gasteiger partial charge in [-0.3, -0.25) is 21.5 Å². The van der Waals surface area contributed by atoms with Crippen molar-refractivity contribution in [3.63, 3.8) is 0 Å². The Labute approximate surface area is 615 Å². The van der Waals surface area contributed by atoms with Crippen molar-refractivity contribution in [1.82, 2.24) is 59.5 Å². The number of oxazole rings is 4. The minimum Gasteiger partial charge on any atom is -0.470 e. The number of rotatable bonds is 14. The third-order valence-electron chi connectivity index (χ3n) is 17.5. The maximum Gasteiger partial charge on any atom is 1.00 e. The number of allylic oxidation sites excluding steroid dienone is 1. The summed E-state index contributed by atoms with van der Waals surface area (Å²) in [5.41, 5.74) is 2.99. The topological polar surface area (TPSA) is 235 Å². The third-order valence-corrected chi connectivity index (χ3v) is 20.6. The van der Waals surface area contributed by atoms with E-state index in [9.17, 15) is 19.2 Å². The summed E-state index contributed by atoms with van der Waals surface area (Å²) in [6.07, 6.45) is 25.6. The van der Waals surface area contributed by atoms with Crippen molar-refractivity contribution in [2.45, 2.75) is 76.9 Å². The van der Waals surface area contributed by atoms with E-state index in [-0.39, 0.29) is 97.0 Å². The van der Waals surface area contributed by atoms with E-state index in [1.807, 2.05) is 99.0 Å². The first-order valence-electron chi connectivity index (χ1n) is 32.4. The summed E-state index contributed by atoms with van der Waals surface area (Å²) in [6.45, 7) is 25.9. The predicted molar refractivity (Wildman–Crippen MR) is 382 cm³/mol. The first-order chi connectivity index (χ1) is 48.0. The van der Waals surface area contributed by atoms with Gasteiger partial charge in [-0.15, -0.1) is 13.2 Å². The van der Waals surface area contributed by atoms with E-state index in [0.29, 0.717) is 70.4 Å². The molecule has 8 bridgehead atoms. The molecular weight excluding hydrogens is 1370 g/mol. The number of likely N-dealkylation sites (N-methyl/N-ethyl adjacent to an activating group) is 1. The SMILES string of the molecule is C/C=C/P(c1ccccc1)c1ccccc1.C=CCON1C(=O)N2CC=C(Br)C1C2.C=CCON1C(=O)N2CC=C(c3cnco3)C1C2.CC1(C)OB(c2cnco2)OC1(C)C.CCN1C(=O)N2CC=C(c3cnco3)C1C2.[CH2-]N1C(=O)N2CC=C(c3cnco3)C1C2.[Na+].c1ccccc1. The molecule has 13 heterocycles. The molecule has 7 aromatic rings. The molecule has 0 radical (unpaired) electrons. The largest absolute Gasteiger partial charge is 1.00 e. The molecule has 4 unspecified atom stereocenters. The number of hydrogen-bond acceptors (Lipinski definition) is 16. The van der Waals surface area contributed by atoms with Gasteiger partial charge in [-0.05, 0) is 60.1 Å². The molecule has 8 amide bonds. The van der Waals surface area contributed by atoms with Crippen LogP contribution in [0.1, 0.15) is 58.8 Å². The molecule has 0 N–H and O–H groups in total. The fourth-order valence-corrected chi connectivity index (χ4v) is 14.1. The first kappa shape index (κ1) is 75.8. The summed E-state index contributed by atoms with van der Waals surface area (Å²) in [5.74, 6) is 4.49. The van der Waals surface area contributed by atoms with Crippen molar-refractivity contribution in [1.29, 1.82) is 0 Å². The van der Waals surface area contributed by atoms with Crippen LogP contribution in [0.5, 0.6) is 0 Å². The number of fused-ring (bicyclic) bond motifs is 8. The Morgan fingerprint density at radius 3 is 1.39 bits per heavy atom. The number of aromatic nitrogens is 4. The van der Waals surface area contributed by atoms with Crippen LogP contribution < -0.4 is 45.8 Å². The molecule has 28 heteroatoms. The van der Waals surface area contributed by atoms with Crippen LogP contribution in [0.3, 0.4) is 0 Å². The normalized spacial score (nSPS) is 20.8. The number of benzene rings is 3. The number of urea groups is 4. The summed E-state index contributed by atoms with van der Waals surface area (Å²) in [6, 6.07) is 33.3. The van der Waals surface area contributed by atoms with Crippen LogP contribution in [0, 0.1) is 7.05 Å². The maximum absolute atomic E-state index is 12.0. The van der Waals surface area contributed by atoms with Gasteiger partial charge in [0, 0.05) is 67.0 Å². The fourth-order valence-electron chi connectivity index (χ4n) is 11.7. The number of halogens is 1. The van der Waals surface area contributed by atoms with Gasteiger partial charge in [0.05, 0.1) is 74.4 Å². The molecule has 100 heavy (non-hydrogen) atoms. The zero-order valence-electron chi connectivity index (χ0n) is 57.4. The van der Waals surface area contributed by atoms with Crippen LogP contribution in [-0.4, -0.2) is 198 Å². The predicted octanol–water partition coefficient (Wildman–Crippen LogP) is 8.28. The van der Waals surface area contributed by atoms with Gasteiger partial charge in [0.15, 0.2) is 48.5 Å². The van der Waals surface area contributed by atoms with Gasteiger partial charge in [0.1, 0.15) is 12.1 Å². The van der Waals surface area contributed by atoms with Crippen LogP contribution >= 0.6 is 23.9 Å². The Bertz CT molecular complexity index is 3860. The number of carbonyl (C=O) groups is 4. The third kappa shape index (κ3) is 18.0. The number of hydrogen-bond donors (Lipinski definition) is 0. The van der Waals surface area contributed by atoms with Crippen molar-refractivity contribution in [2.24, 2.45) is 0 Å². The average Bonchev–Trinajstić information content (AvgIpc) is 1.66. The van der Waals surface area contributed by atoms with E-state index in [2.05, 4.69) is 142 Å². The summed E-state index contributed by atoms with van der Waals surface area (Å²) >= 11 is 3.44. The van der Waals surface area contributed by atoms with Crippen molar-refractivity contribution < 1.29 is 85.4 Å². The quantitative estimate of drug-likeness (QED) is 0.0431. The number of amides is 8. The number of carbonyl (C=O) groups excluding carboxylic acids is 4. The Hall–Kier alpha value is -8.43. The van der Waals surface area contributed by atoms with E-state index in [4.69, 9.17) is 36.7 Å². The number of nitrogens with zero attached hydrogens (tertiary/aromatic N) is 12. The van der Waals surface area contributed by atoms with Crippen LogP contribution in [0.25, 0.3) is 16.7 Å². The van der Waals surface area contributed by atoms with E-state index in [1.54, 1.807) is 51.6 Å². The van der Waals surface area contributed by atoms with E-state index in [1.165, 1.54) is 51.2 Å². The van der Waals surface area contributed by atoms with Crippen molar-refractivity contribution in [2.75, 3.05) is 72.1 Å². The summed E-state index contributed by atoms with van der Waals surface area (Å²) < 4.78 is 33.5. The summed E-state index contributed by atoms with van der Waals surface area (Å²) in [4.78, 5) is 84.0. The van der Waals surface area contributed by atoms with Gasteiger partial charge in [-0.2, -0.15) is 10.1 Å². The molecule has 3 aromatic carbocycles. The molecule has 0 saturated carbocycles.